The van der Waals surface area contributed by atoms with E-state index in [4.69, 9.17) is 5.11 Å². The Bertz CT molecular complexity index is 400. The van der Waals surface area contributed by atoms with E-state index in [9.17, 15) is 9.90 Å². The number of aryl methyl sites for hydroxylation is 1. The van der Waals surface area contributed by atoms with Crippen LogP contribution in [-0.2, 0) is 6.42 Å². The molecule has 0 heterocycles. The van der Waals surface area contributed by atoms with Crippen LogP contribution in [0.2, 0.25) is 0 Å². The second-order valence-corrected chi connectivity index (χ2v) is 4.68. The SMILES string of the molecule is O=C1c2ccccc2CCCC1CC(O)CO. The summed E-state index contributed by atoms with van der Waals surface area (Å²) >= 11 is 0. The first kappa shape index (κ1) is 12.3. The van der Waals surface area contributed by atoms with Gasteiger partial charge in [0.15, 0.2) is 5.78 Å². The van der Waals surface area contributed by atoms with Gasteiger partial charge in [-0.3, -0.25) is 4.79 Å². The van der Waals surface area contributed by atoms with E-state index < -0.39 is 6.10 Å². The lowest BCUT2D eigenvalue weighted by Gasteiger charge is -2.16. The van der Waals surface area contributed by atoms with Gasteiger partial charge < -0.3 is 10.2 Å². The number of aliphatic hydroxyl groups is 2. The highest BCUT2D eigenvalue weighted by Crippen LogP contribution is 2.27. The minimum Gasteiger partial charge on any atom is -0.394 e. The normalized spacial score (nSPS) is 21.8. The van der Waals surface area contributed by atoms with Crippen LogP contribution in [0.15, 0.2) is 24.3 Å². The van der Waals surface area contributed by atoms with Crippen LogP contribution in [0.1, 0.15) is 35.2 Å². The minimum absolute atomic E-state index is 0.116. The average Bonchev–Trinajstić information content (AvgIpc) is 2.51. The summed E-state index contributed by atoms with van der Waals surface area (Å²) in [7, 11) is 0. The monoisotopic (exact) mass is 234 g/mol. The van der Waals surface area contributed by atoms with Gasteiger partial charge in [0, 0.05) is 11.5 Å². The van der Waals surface area contributed by atoms with Crippen LogP contribution in [-0.4, -0.2) is 28.7 Å². The van der Waals surface area contributed by atoms with E-state index >= 15 is 0 Å². The molecule has 0 radical (unpaired) electrons. The van der Waals surface area contributed by atoms with Crippen LogP contribution in [0.5, 0.6) is 0 Å². The quantitative estimate of drug-likeness (QED) is 0.780. The van der Waals surface area contributed by atoms with Crippen LogP contribution < -0.4 is 0 Å². The fourth-order valence-corrected chi connectivity index (χ4v) is 2.50. The van der Waals surface area contributed by atoms with Crippen LogP contribution in [0, 0.1) is 5.92 Å². The molecule has 0 amide bonds. The van der Waals surface area contributed by atoms with Gasteiger partial charge >= 0.3 is 0 Å². The fraction of sp³-hybridized carbons (Fsp3) is 0.500. The number of carbonyl (C=O) groups is 1. The molecule has 1 aliphatic carbocycles. The first-order valence-electron chi connectivity index (χ1n) is 6.13. The molecular formula is C14H18O3. The maximum absolute atomic E-state index is 12.3. The highest BCUT2D eigenvalue weighted by Gasteiger charge is 2.26. The summed E-state index contributed by atoms with van der Waals surface area (Å²) in [5, 5.41) is 18.3. The summed E-state index contributed by atoms with van der Waals surface area (Å²) in [6, 6.07) is 7.69. The summed E-state index contributed by atoms with van der Waals surface area (Å²) in [6.45, 7) is -0.272. The van der Waals surface area contributed by atoms with E-state index in [2.05, 4.69) is 0 Å². The zero-order valence-corrected chi connectivity index (χ0v) is 9.80. The van der Waals surface area contributed by atoms with Crippen molar-refractivity contribution in [3.63, 3.8) is 0 Å². The Morgan fingerprint density at radius 1 is 1.35 bits per heavy atom. The van der Waals surface area contributed by atoms with Crippen LogP contribution in [0.25, 0.3) is 0 Å². The lowest BCUT2D eigenvalue weighted by Crippen LogP contribution is -2.23. The Morgan fingerprint density at radius 3 is 2.88 bits per heavy atom. The summed E-state index contributed by atoms with van der Waals surface area (Å²) in [5.41, 5.74) is 1.90. The molecule has 2 N–H and O–H groups in total. The Morgan fingerprint density at radius 2 is 2.12 bits per heavy atom. The fourth-order valence-electron chi connectivity index (χ4n) is 2.50. The third-order valence-electron chi connectivity index (χ3n) is 3.42. The van der Waals surface area contributed by atoms with Crippen molar-refractivity contribution in [3.05, 3.63) is 35.4 Å². The van der Waals surface area contributed by atoms with Crippen molar-refractivity contribution >= 4 is 5.78 Å². The average molecular weight is 234 g/mol. The Labute approximate surface area is 101 Å². The standard InChI is InChI=1S/C14H18O3/c15-9-12(16)8-11-6-3-5-10-4-1-2-7-13(10)14(11)17/h1-2,4,7,11-12,15-16H,3,5-6,8-9H2. The van der Waals surface area contributed by atoms with E-state index in [0.29, 0.717) is 6.42 Å². The topological polar surface area (TPSA) is 57.5 Å². The Kier molecular flexibility index (Phi) is 3.92. The number of benzene rings is 1. The lowest BCUT2D eigenvalue weighted by atomic mass is 9.90. The van der Waals surface area contributed by atoms with E-state index in [-0.39, 0.29) is 18.3 Å². The van der Waals surface area contributed by atoms with Crippen molar-refractivity contribution in [2.75, 3.05) is 6.61 Å². The summed E-state index contributed by atoms with van der Waals surface area (Å²) in [5.74, 6) is -0.0357. The molecule has 17 heavy (non-hydrogen) atoms. The smallest absolute Gasteiger partial charge is 0.166 e. The van der Waals surface area contributed by atoms with E-state index in [0.717, 1.165) is 30.4 Å². The van der Waals surface area contributed by atoms with E-state index in [1.165, 1.54) is 0 Å². The third kappa shape index (κ3) is 2.73. The number of ketones is 1. The van der Waals surface area contributed by atoms with Crippen LogP contribution in [0.3, 0.4) is 0 Å². The molecule has 0 aromatic heterocycles. The largest absolute Gasteiger partial charge is 0.394 e. The predicted octanol–water partition coefficient (Wildman–Crippen LogP) is 1.57. The first-order chi connectivity index (χ1) is 8.22. The number of carbonyl (C=O) groups excluding carboxylic acids is 1. The summed E-state index contributed by atoms with van der Waals surface area (Å²) in [4.78, 5) is 12.3. The van der Waals surface area contributed by atoms with Crippen molar-refractivity contribution in [2.45, 2.75) is 31.8 Å². The van der Waals surface area contributed by atoms with Crippen molar-refractivity contribution in [1.29, 1.82) is 0 Å². The molecule has 1 aromatic carbocycles. The van der Waals surface area contributed by atoms with Crippen LogP contribution >= 0.6 is 0 Å². The lowest BCUT2D eigenvalue weighted by molar-refractivity contribution is 0.0631. The molecule has 0 bridgehead atoms. The molecule has 2 atom stereocenters. The molecule has 3 nitrogen and oxygen atoms in total. The number of fused-ring (bicyclic) bond motifs is 1. The molecule has 1 aromatic rings. The number of hydrogen-bond acceptors (Lipinski definition) is 3. The van der Waals surface area contributed by atoms with Crippen molar-refractivity contribution in [2.24, 2.45) is 5.92 Å². The molecule has 2 unspecified atom stereocenters. The molecule has 3 heteroatoms. The number of aliphatic hydroxyl groups excluding tert-OH is 2. The second kappa shape index (κ2) is 5.43. The molecule has 92 valence electrons. The number of rotatable bonds is 3. The van der Waals surface area contributed by atoms with Crippen molar-refractivity contribution in [3.8, 4) is 0 Å². The van der Waals surface area contributed by atoms with Gasteiger partial charge in [0.2, 0.25) is 0 Å². The molecule has 0 fully saturated rings. The van der Waals surface area contributed by atoms with Gasteiger partial charge in [0.05, 0.1) is 12.7 Å². The number of Topliss-reactive ketones (excluding diaryl/α,β-unsaturated/α-hetero) is 1. The molecule has 0 saturated heterocycles. The maximum Gasteiger partial charge on any atom is 0.166 e. The van der Waals surface area contributed by atoms with E-state index in [1.54, 1.807) is 0 Å². The third-order valence-corrected chi connectivity index (χ3v) is 3.42. The van der Waals surface area contributed by atoms with Gasteiger partial charge in [-0.25, -0.2) is 0 Å². The Hall–Kier alpha value is -1.19. The Balaban J connectivity index is 2.20. The molecule has 2 rings (SSSR count). The molecule has 0 aliphatic heterocycles. The highest BCUT2D eigenvalue weighted by molar-refractivity contribution is 5.99. The van der Waals surface area contributed by atoms with Crippen LogP contribution in [0.4, 0.5) is 0 Å². The zero-order chi connectivity index (χ0) is 12.3. The van der Waals surface area contributed by atoms with Gasteiger partial charge in [-0.2, -0.15) is 0 Å². The van der Waals surface area contributed by atoms with Crippen molar-refractivity contribution < 1.29 is 15.0 Å². The zero-order valence-electron chi connectivity index (χ0n) is 9.80. The summed E-state index contributed by atoms with van der Waals surface area (Å²) < 4.78 is 0. The molecule has 0 spiro atoms. The van der Waals surface area contributed by atoms with Gasteiger partial charge in [-0.15, -0.1) is 0 Å². The first-order valence-corrected chi connectivity index (χ1v) is 6.13. The molecular weight excluding hydrogens is 216 g/mol. The second-order valence-electron chi connectivity index (χ2n) is 4.68. The van der Waals surface area contributed by atoms with E-state index in [1.807, 2.05) is 24.3 Å². The predicted molar refractivity (Wildman–Crippen MR) is 64.9 cm³/mol. The van der Waals surface area contributed by atoms with Gasteiger partial charge in [-0.1, -0.05) is 24.3 Å². The minimum atomic E-state index is -0.783. The van der Waals surface area contributed by atoms with Gasteiger partial charge in [0.25, 0.3) is 0 Å². The van der Waals surface area contributed by atoms with Crippen molar-refractivity contribution in [1.82, 2.24) is 0 Å². The van der Waals surface area contributed by atoms with Gasteiger partial charge in [-0.05, 0) is 31.2 Å². The molecule has 0 saturated carbocycles. The highest BCUT2D eigenvalue weighted by atomic mass is 16.3. The maximum atomic E-state index is 12.3. The number of hydrogen-bond donors (Lipinski definition) is 2. The van der Waals surface area contributed by atoms with Gasteiger partial charge in [0.1, 0.15) is 0 Å². The molecule has 1 aliphatic rings. The summed E-state index contributed by atoms with van der Waals surface area (Å²) in [6.07, 6.45) is 2.27.